The molecule has 0 fully saturated rings. The number of para-hydroxylation sites is 1. The number of hydrogen-bond acceptors (Lipinski definition) is 5. The summed E-state index contributed by atoms with van der Waals surface area (Å²) in [6.45, 7) is 2.57. The fraction of sp³-hybridized carbons (Fsp3) is 0.148. The highest BCUT2D eigenvalue weighted by atomic mass is 19.1. The van der Waals surface area contributed by atoms with E-state index in [0.29, 0.717) is 46.5 Å². The van der Waals surface area contributed by atoms with Gasteiger partial charge in [0.05, 0.1) is 16.9 Å². The molecule has 0 amide bonds. The minimum Gasteiger partial charge on any atom is -0.383 e. The fourth-order valence-corrected chi connectivity index (χ4v) is 4.25. The van der Waals surface area contributed by atoms with Crippen LogP contribution in [0.3, 0.4) is 0 Å². The molecule has 0 radical (unpaired) electrons. The van der Waals surface area contributed by atoms with Crippen molar-refractivity contribution in [3.8, 4) is 0 Å². The van der Waals surface area contributed by atoms with E-state index in [0.717, 1.165) is 11.1 Å². The van der Waals surface area contributed by atoms with Gasteiger partial charge < -0.3 is 15.6 Å². The van der Waals surface area contributed by atoms with E-state index in [9.17, 15) is 9.18 Å². The van der Waals surface area contributed by atoms with Crippen molar-refractivity contribution in [2.45, 2.75) is 19.4 Å². The molecular weight excluding hydrogens is 429 g/mol. The van der Waals surface area contributed by atoms with Gasteiger partial charge in [-0.05, 0) is 48.7 Å². The van der Waals surface area contributed by atoms with Crippen LogP contribution in [0, 0.1) is 5.82 Å². The standard InChI is InChI=1S/C27H24FN5O/c1-17(19-7-3-2-4-8-19)33-25(29)23(30-16-15-18-11-13-20(28)14-12-18)24-26(33)31-22-10-6-5-9-21(22)27(34)32-24/h2-14,17,30H,15-16,29H2,1H3/t17-/m0/s1. The molecule has 2 heterocycles. The van der Waals surface area contributed by atoms with E-state index < -0.39 is 0 Å². The highest BCUT2D eigenvalue weighted by Gasteiger charge is 2.22. The summed E-state index contributed by atoms with van der Waals surface area (Å²) in [6, 6.07) is 23.4. The molecule has 0 spiro atoms. The minimum atomic E-state index is -0.357. The van der Waals surface area contributed by atoms with Gasteiger partial charge in [0, 0.05) is 6.54 Å². The summed E-state index contributed by atoms with van der Waals surface area (Å²) in [7, 11) is 0. The van der Waals surface area contributed by atoms with Crippen LogP contribution in [0.25, 0.3) is 22.1 Å². The SMILES string of the molecule is C[C@@H](c1ccccc1)n1c(N)c(NCCc2ccc(F)cc2)c2nc(=O)c3ccccc3nc21. The van der Waals surface area contributed by atoms with Gasteiger partial charge in [0.1, 0.15) is 22.8 Å². The van der Waals surface area contributed by atoms with Gasteiger partial charge in [-0.25, -0.2) is 14.4 Å². The van der Waals surface area contributed by atoms with E-state index >= 15 is 0 Å². The number of nitrogens with zero attached hydrogens (tertiary/aromatic N) is 3. The number of rotatable bonds is 6. The molecule has 1 atom stereocenters. The first-order valence-electron chi connectivity index (χ1n) is 11.2. The molecule has 0 aliphatic heterocycles. The Morgan fingerprint density at radius 3 is 2.44 bits per heavy atom. The van der Waals surface area contributed by atoms with Gasteiger partial charge in [-0.3, -0.25) is 4.79 Å². The first-order valence-corrected chi connectivity index (χ1v) is 11.2. The van der Waals surface area contributed by atoms with Crippen molar-refractivity contribution in [2.75, 3.05) is 17.6 Å². The smallest absolute Gasteiger partial charge is 0.279 e. The van der Waals surface area contributed by atoms with Crippen molar-refractivity contribution in [1.29, 1.82) is 0 Å². The quantitative estimate of drug-likeness (QED) is 0.381. The van der Waals surface area contributed by atoms with Crippen molar-refractivity contribution in [3.63, 3.8) is 0 Å². The first kappa shape index (κ1) is 21.6. The maximum atomic E-state index is 13.2. The van der Waals surface area contributed by atoms with Gasteiger partial charge >= 0.3 is 0 Å². The Kier molecular flexibility index (Phi) is 5.67. The average Bonchev–Trinajstić information content (AvgIpc) is 3.01. The molecule has 7 heteroatoms. The molecule has 170 valence electrons. The topological polar surface area (TPSA) is 85.8 Å². The number of halogens is 1. The summed E-state index contributed by atoms with van der Waals surface area (Å²) in [5, 5.41) is 3.81. The molecule has 3 N–H and O–H groups in total. The lowest BCUT2D eigenvalue weighted by molar-refractivity contribution is 0.627. The maximum absolute atomic E-state index is 13.2. The van der Waals surface area contributed by atoms with Crippen LogP contribution < -0.4 is 16.6 Å². The molecule has 0 saturated heterocycles. The number of nitrogens with one attached hydrogen (secondary N) is 1. The van der Waals surface area contributed by atoms with Crippen LogP contribution in [0.5, 0.6) is 0 Å². The number of aromatic nitrogens is 3. The molecule has 0 bridgehead atoms. The van der Waals surface area contributed by atoms with Crippen LogP contribution in [-0.2, 0) is 6.42 Å². The zero-order chi connectivity index (χ0) is 23.7. The molecule has 3 aromatic carbocycles. The van der Waals surface area contributed by atoms with E-state index in [1.165, 1.54) is 12.1 Å². The first-order chi connectivity index (χ1) is 16.5. The largest absolute Gasteiger partial charge is 0.383 e. The Bertz CT molecular complexity index is 1530. The summed E-state index contributed by atoms with van der Waals surface area (Å²) in [6.07, 6.45) is 0.652. The van der Waals surface area contributed by atoms with Crippen LogP contribution in [0.2, 0.25) is 0 Å². The average molecular weight is 454 g/mol. The van der Waals surface area contributed by atoms with E-state index in [1.807, 2.05) is 47.9 Å². The van der Waals surface area contributed by atoms with Crippen LogP contribution >= 0.6 is 0 Å². The number of hydrogen-bond donors (Lipinski definition) is 2. The van der Waals surface area contributed by atoms with Crippen LogP contribution in [0.4, 0.5) is 15.9 Å². The number of nitrogens with two attached hydrogens (primary N) is 1. The zero-order valence-corrected chi connectivity index (χ0v) is 18.7. The fourth-order valence-electron chi connectivity index (χ4n) is 4.25. The molecule has 0 unspecified atom stereocenters. The Balaban J connectivity index is 1.65. The van der Waals surface area contributed by atoms with Crippen molar-refractivity contribution >= 4 is 33.6 Å². The molecule has 0 aliphatic carbocycles. The number of benzene rings is 3. The highest BCUT2D eigenvalue weighted by Crippen LogP contribution is 2.35. The monoisotopic (exact) mass is 453 g/mol. The summed E-state index contributed by atoms with van der Waals surface area (Å²) in [5.74, 6) is 0.192. The van der Waals surface area contributed by atoms with Gasteiger partial charge in [-0.15, -0.1) is 0 Å². The van der Waals surface area contributed by atoms with E-state index in [2.05, 4.69) is 10.3 Å². The molecule has 5 rings (SSSR count). The lowest BCUT2D eigenvalue weighted by Crippen LogP contribution is -2.12. The third kappa shape index (κ3) is 3.96. The number of fused-ring (bicyclic) bond motifs is 2. The third-order valence-electron chi connectivity index (χ3n) is 6.06. The van der Waals surface area contributed by atoms with E-state index in [1.54, 1.807) is 30.3 Å². The minimum absolute atomic E-state index is 0.137. The summed E-state index contributed by atoms with van der Waals surface area (Å²) in [5.41, 5.74) is 10.5. The Labute approximate surface area is 195 Å². The van der Waals surface area contributed by atoms with Gasteiger partial charge in [0.25, 0.3) is 5.56 Å². The Hall–Kier alpha value is -4.26. The maximum Gasteiger partial charge on any atom is 0.279 e. The van der Waals surface area contributed by atoms with E-state index in [4.69, 9.17) is 10.7 Å². The summed E-state index contributed by atoms with van der Waals surface area (Å²) < 4.78 is 15.2. The molecule has 0 saturated carbocycles. The van der Waals surface area contributed by atoms with Crippen molar-refractivity contribution in [1.82, 2.24) is 14.5 Å². The molecule has 34 heavy (non-hydrogen) atoms. The molecule has 0 aliphatic rings. The molecule has 2 aromatic heterocycles. The lowest BCUT2D eigenvalue weighted by Gasteiger charge is -2.17. The van der Waals surface area contributed by atoms with Crippen molar-refractivity contribution < 1.29 is 4.39 Å². The Morgan fingerprint density at radius 1 is 0.971 bits per heavy atom. The van der Waals surface area contributed by atoms with Crippen LogP contribution in [-0.4, -0.2) is 21.1 Å². The third-order valence-corrected chi connectivity index (χ3v) is 6.06. The lowest BCUT2D eigenvalue weighted by atomic mass is 10.1. The number of anilines is 2. The van der Waals surface area contributed by atoms with Crippen molar-refractivity contribution in [3.05, 3.63) is 106 Å². The normalized spacial score (nSPS) is 12.2. The zero-order valence-electron chi connectivity index (χ0n) is 18.7. The van der Waals surface area contributed by atoms with Crippen LogP contribution in [0.15, 0.2) is 83.7 Å². The summed E-state index contributed by atoms with van der Waals surface area (Å²) in [4.78, 5) is 22.2. The highest BCUT2D eigenvalue weighted by molar-refractivity contribution is 5.97. The second kappa shape index (κ2) is 8.94. The number of nitrogen functional groups attached to an aromatic ring is 1. The van der Waals surface area contributed by atoms with Gasteiger partial charge in [-0.1, -0.05) is 54.6 Å². The predicted octanol–water partition coefficient (Wildman–Crippen LogP) is 4.93. The van der Waals surface area contributed by atoms with E-state index in [-0.39, 0.29) is 17.4 Å². The summed E-state index contributed by atoms with van der Waals surface area (Å²) >= 11 is 0. The second-order valence-corrected chi connectivity index (χ2v) is 8.24. The molecule has 6 nitrogen and oxygen atoms in total. The second-order valence-electron chi connectivity index (χ2n) is 8.24. The Morgan fingerprint density at radius 2 is 1.68 bits per heavy atom. The van der Waals surface area contributed by atoms with Gasteiger partial charge in [-0.2, -0.15) is 0 Å². The van der Waals surface area contributed by atoms with Crippen LogP contribution in [0.1, 0.15) is 24.1 Å². The van der Waals surface area contributed by atoms with Gasteiger partial charge in [0.15, 0.2) is 5.65 Å². The van der Waals surface area contributed by atoms with Crippen molar-refractivity contribution in [2.24, 2.45) is 0 Å². The molecule has 5 aromatic rings. The van der Waals surface area contributed by atoms with Gasteiger partial charge in [0.2, 0.25) is 0 Å². The predicted molar refractivity (Wildman–Crippen MR) is 135 cm³/mol. The molecular formula is C27H24FN5O.